The molecule has 2 atom stereocenters. The fourth-order valence-corrected chi connectivity index (χ4v) is 2.77. The predicted octanol–water partition coefficient (Wildman–Crippen LogP) is 1.25. The summed E-state index contributed by atoms with van der Waals surface area (Å²) in [5.41, 5.74) is -0.456. The minimum atomic E-state index is -0.894. The summed E-state index contributed by atoms with van der Waals surface area (Å²) in [6, 6.07) is 2.27. The van der Waals surface area contributed by atoms with Crippen molar-refractivity contribution >= 4 is 11.9 Å². The minimum absolute atomic E-state index is 0.0786. The Morgan fingerprint density at radius 3 is 2.39 bits per heavy atom. The number of aliphatic carboxylic acids is 1. The second-order valence-corrected chi connectivity index (χ2v) is 5.79. The second kappa shape index (κ2) is 4.27. The Balaban J connectivity index is 2.06. The summed E-state index contributed by atoms with van der Waals surface area (Å²) < 4.78 is 0. The molecule has 98 valence electrons. The van der Waals surface area contributed by atoms with Gasteiger partial charge in [0.15, 0.2) is 0 Å². The van der Waals surface area contributed by atoms with Crippen LogP contribution in [0.5, 0.6) is 0 Å². The van der Waals surface area contributed by atoms with Crippen molar-refractivity contribution in [2.24, 2.45) is 17.3 Å². The van der Waals surface area contributed by atoms with Gasteiger partial charge in [-0.05, 0) is 18.3 Å². The number of hydrogen-bond acceptors (Lipinski definition) is 3. The average molecular weight is 250 g/mol. The van der Waals surface area contributed by atoms with Crippen LogP contribution in [0, 0.1) is 28.6 Å². The van der Waals surface area contributed by atoms with Gasteiger partial charge in [-0.1, -0.05) is 13.8 Å². The van der Waals surface area contributed by atoms with E-state index in [1.54, 1.807) is 4.90 Å². The molecule has 0 spiro atoms. The Labute approximate surface area is 106 Å². The maximum atomic E-state index is 12.4. The summed E-state index contributed by atoms with van der Waals surface area (Å²) >= 11 is 0. The molecule has 18 heavy (non-hydrogen) atoms. The summed E-state index contributed by atoms with van der Waals surface area (Å²) in [6.07, 6.45) is 2.26. The predicted molar refractivity (Wildman–Crippen MR) is 63.4 cm³/mol. The summed E-state index contributed by atoms with van der Waals surface area (Å²) in [6.45, 7) is 4.08. The Morgan fingerprint density at radius 2 is 2.00 bits per heavy atom. The van der Waals surface area contributed by atoms with E-state index in [4.69, 9.17) is 10.4 Å². The maximum absolute atomic E-state index is 12.4. The minimum Gasteiger partial charge on any atom is -0.481 e. The van der Waals surface area contributed by atoms with Gasteiger partial charge in [0, 0.05) is 12.6 Å². The zero-order valence-corrected chi connectivity index (χ0v) is 10.7. The van der Waals surface area contributed by atoms with Crippen LogP contribution in [0.3, 0.4) is 0 Å². The third-order valence-corrected chi connectivity index (χ3v) is 4.09. The molecule has 5 nitrogen and oxygen atoms in total. The lowest BCUT2D eigenvalue weighted by Crippen LogP contribution is -2.36. The van der Waals surface area contributed by atoms with E-state index in [0.29, 0.717) is 13.0 Å². The number of carboxylic acid groups (broad SMARTS) is 1. The first-order chi connectivity index (χ1) is 8.41. The molecular formula is C13H18N2O3. The molecule has 0 aromatic heterocycles. The number of carbonyl (C=O) groups excluding carboxylic acids is 1. The molecule has 5 heteroatoms. The highest BCUT2D eigenvalue weighted by Gasteiger charge is 2.67. The molecule has 2 aliphatic rings. The van der Waals surface area contributed by atoms with Gasteiger partial charge >= 0.3 is 5.97 Å². The van der Waals surface area contributed by atoms with Crippen LogP contribution in [0.15, 0.2) is 0 Å². The normalized spacial score (nSPS) is 28.3. The zero-order chi connectivity index (χ0) is 13.5. The highest BCUT2D eigenvalue weighted by atomic mass is 16.4. The van der Waals surface area contributed by atoms with Crippen LogP contribution in [0.4, 0.5) is 0 Å². The van der Waals surface area contributed by atoms with Gasteiger partial charge in [-0.2, -0.15) is 5.26 Å². The van der Waals surface area contributed by atoms with Gasteiger partial charge in [0.05, 0.1) is 24.3 Å². The number of amides is 1. The first-order valence-corrected chi connectivity index (χ1v) is 6.31. The van der Waals surface area contributed by atoms with Gasteiger partial charge in [0.25, 0.3) is 0 Å². The van der Waals surface area contributed by atoms with Crippen LogP contribution in [-0.2, 0) is 9.59 Å². The van der Waals surface area contributed by atoms with Gasteiger partial charge in [-0.15, -0.1) is 0 Å². The number of nitrogens with zero attached hydrogens (tertiary/aromatic N) is 2. The zero-order valence-electron chi connectivity index (χ0n) is 10.7. The molecule has 0 saturated heterocycles. The number of carboxylic acids is 1. The summed E-state index contributed by atoms with van der Waals surface area (Å²) in [7, 11) is 0. The Bertz CT molecular complexity index is 420. The van der Waals surface area contributed by atoms with E-state index in [9.17, 15) is 9.59 Å². The van der Waals surface area contributed by atoms with Crippen molar-refractivity contribution in [2.45, 2.75) is 39.2 Å². The molecule has 0 radical (unpaired) electrons. The third kappa shape index (κ3) is 2.07. The van der Waals surface area contributed by atoms with E-state index >= 15 is 0 Å². The Hall–Kier alpha value is -1.57. The Kier molecular flexibility index (Phi) is 3.05. The van der Waals surface area contributed by atoms with Crippen molar-refractivity contribution in [3.05, 3.63) is 0 Å². The van der Waals surface area contributed by atoms with E-state index in [0.717, 1.165) is 12.8 Å². The molecule has 2 aliphatic carbocycles. The molecule has 0 aliphatic heterocycles. The standard InChI is InChI=1S/C13H18N2O3/c1-13(2)9(10(13)12(17)18)11(16)15(7-3-6-14)8-4-5-8/h8-10H,3-5,7H2,1-2H3,(H,17,18)/t9-,10+/m1/s1. The van der Waals surface area contributed by atoms with Gasteiger partial charge in [-0.3, -0.25) is 9.59 Å². The molecule has 0 heterocycles. The van der Waals surface area contributed by atoms with E-state index in [1.165, 1.54) is 0 Å². The lowest BCUT2D eigenvalue weighted by molar-refractivity contribution is -0.142. The molecule has 2 saturated carbocycles. The van der Waals surface area contributed by atoms with Crippen molar-refractivity contribution in [1.82, 2.24) is 4.90 Å². The SMILES string of the molecule is CC1(C)[C@H](C(=O)O)[C@@H]1C(=O)N(CCC#N)C1CC1. The summed E-state index contributed by atoms with van der Waals surface area (Å²) in [5.74, 6) is -1.97. The fourth-order valence-electron chi connectivity index (χ4n) is 2.77. The topological polar surface area (TPSA) is 81.4 Å². The molecule has 0 unspecified atom stereocenters. The van der Waals surface area contributed by atoms with Crippen molar-refractivity contribution < 1.29 is 14.7 Å². The molecule has 0 bridgehead atoms. The van der Waals surface area contributed by atoms with Gasteiger partial charge in [0.1, 0.15) is 0 Å². The molecule has 1 N–H and O–H groups in total. The van der Waals surface area contributed by atoms with E-state index < -0.39 is 23.2 Å². The smallest absolute Gasteiger partial charge is 0.307 e. The second-order valence-electron chi connectivity index (χ2n) is 5.79. The monoisotopic (exact) mass is 250 g/mol. The first kappa shape index (κ1) is 12.9. The molecule has 1 amide bonds. The summed E-state index contributed by atoms with van der Waals surface area (Å²) in [5, 5.41) is 17.7. The molecule has 2 rings (SSSR count). The lowest BCUT2D eigenvalue weighted by Gasteiger charge is -2.22. The maximum Gasteiger partial charge on any atom is 0.307 e. The fraction of sp³-hybridized carbons (Fsp3) is 0.769. The van der Waals surface area contributed by atoms with Gasteiger partial charge in [-0.25, -0.2) is 0 Å². The third-order valence-electron chi connectivity index (χ3n) is 4.09. The molecule has 0 aromatic rings. The van der Waals surface area contributed by atoms with Crippen LogP contribution in [0.25, 0.3) is 0 Å². The average Bonchev–Trinajstić information content (AvgIpc) is 3.14. The molecule has 2 fully saturated rings. The Morgan fingerprint density at radius 1 is 1.39 bits per heavy atom. The highest BCUT2D eigenvalue weighted by Crippen LogP contribution is 2.59. The van der Waals surface area contributed by atoms with Crippen LogP contribution in [0.1, 0.15) is 33.1 Å². The van der Waals surface area contributed by atoms with Crippen molar-refractivity contribution in [3.63, 3.8) is 0 Å². The lowest BCUT2D eigenvalue weighted by atomic mass is 10.1. The van der Waals surface area contributed by atoms with Gasteiger partial charge in [0.2, 0.25) is 5.91 Å². The van der Waals surface area contributed by atoms with E-state index in [1.807, 2.05) is 19.9 Å². The number of nitriles is 1. The quantitative estimate of drug-likeness (QED) is 0.796. The highest BCUT2D eigenvalue weighted by molar-refractivity contribution is 5.92. The number of hydrogen-bond donors (Lipinski definition) is 1. The summed E-state index contributed by atoms with van der Waals surface area (Å²) in [4.78, 5) is 25.2. The molecule has 0 aromatic carbocycles. The number of rotatable bonds is 5. The van der Waals surface area contributed by atoms with Crippen molar-refractivity contribution in [2.75, 3.05) is 6.54 Å². The van der Waals surface area contributed by atoms with Crippen molar-refractivity contribution in [1.29, 1.82) is 5.26 Å². The first-order valence-electron chi connectivity index (χ1n) is 6.31. The van der Waals surface area contributed by atoms with Crippen LogP contribution in [-0.4, -0.2) is 34.5 Å². The van der Waals surface area contributed by atoms with Gasteiger partial charge < -0.3 is 10.0 Å². The van der Waals surface area contributed by atoms with E-state index in [-0.39, 0.29) is 11.9 Å². The largest absolute Gasteiger partial charge is 0.481 e. The van der Waals surface area contributed by atoms with Crippen LogP contribution >= 0.6 is 0 Å². The van der Waals surface area contributed by atoms with Crippen LogP contribution < -0.4 is 0 Å². The number of carbonyl (C=O) groups is 2. The molecular weight excluding hydrogens is 232 g/mol. The van der Waals surface area contributed by atoms with Crippen LogP contribution in [0.2, 0.25) is 0 Å². The van der Waals surface area contributed by atoms with Crippen molar-refractivity contribution in [3.8, 4) is 6.07 Å². The van der Waals surface area contributed by atoms with E-state index in [2.05, 4.69) is 0 Å².